The molecule has 0 atom stereocenters. The molecule has 0 bridgehead atoms. The number of nitrogens with zero attached hydrogens (tertiary/aromatic N) is 2. The summed E-state index contributed by atoms with van der Waals surface area (Å²) >= 11 is 0. The Morgan fingerprint density at radius 2 is 1.56 bits per heavy atom. The van der Waals surface area contributed by atoms with Crippen LogP contribution in [0.4, 0.5) is 24.5 Å². The third-order valence-electron chi connectivity index (χ3n) is 4.42. The maximum absolute atomic E-state index is 12.2. The minimum atomic E-state index is -4.66. The molecule has 1 saturated heterocycles. The molecule has 3 nitrogen and oxygen atoms in total. The van der Waals surface area contributed by atoms with Crippen molar-refractivity contribution in [2.24, 2.45) is 0 Å². The van der Waals surface area contributed by atoms with Gasteiger partial charge in [0, 0.05) is 18.8 Å². The highest BCUT2D eigenvalue weighted by Gasteiger charge is 2.31. The zero-order valence-electron chi connectivity index (χ0n) is 13.5. The van der Waals surface area contributed by atoms with E-state index in [4.69, 9.17) is 6.57 Å². The van der Waals surface area contributed by atoms with Gasteiger partial charge in [0.15, 0.2) is 5.69 Å². The van der Waals surface area contributed by atoms with Gasteiger partial charge < -0.3 is 9.64 Å². The number of rotatable bonds is 3. The monoisotopic (exact) mass is 346 g/mol. The van der Waals surface area contributed by atoms with Crippen LogP contribution in [0.1, 0.15) is 24.3 Å². The van der Waals surface area contributed by atoms with E-state index in [0.717, 1.165) is 37.2 Å². The first kappa shape index (κ1) is 17.2. The lowest BCUT2D eigenvalue weighted by molar-refractivity contribution is -0.274. The van der Waals surface area contributed by atoms with Crippen molar-refractivity contribution in [1.82, 2.24) is 0 Å². The molecular formula is C19H17F3N2O. The van der Waals surface area contributed by atoms with Gasteiger partial charge in [0.25, 0.3) is 0 Å². The molecule has 130 valence electrons. The lowest BCUT2D eigenvalue weighted by atomic mass is 9.89. The van der Waals surface area contributed by atoms with E-state index in [1.807, 2.05) is 24.3 Å². The molecule has 0 saturated carbocycles. The van der Waals surface area contributed by atoms with Crippen molar-refractivity contribution in [2.45, 2.75) is 25.1 Å². The van der Waals surface area contributed by atoms with Crippen LogP contribution in [-0.2, 0) is 0 Å². The molecule has 25 heavy (non-hydrogen) atoms. The predicted molar refractivity (Wildman–Crippen MR) is 90.0 cm³/mol. The Morgan fingerprint density at radius 1 is 0.960 bits per heavy atom. The van der Waals surface area contributed by atoms with Crippen LogP contribution in [0, 0.1) is 6.57 Å². The molecule has 1 fully saturated rings. The fourth-order valence-electron chi connectivity index (χ4n) is 3.15. The van der Waals surface area contributed by atoms with Crippen LogP contribution >= 0.6 is 0 Å². The molecule has 2 aromatic rings. The fraction of sp³-hybridized carbons (Fsp3) is 0.316. The van der Waals surface area contributed by atoms with E-state index < -0.39 is 6.36 Å². The molecule has 3 rings (SSSR count). The second kappa shape index (κ2) is 7.06. The zero-order valence-corrected chi connectivity index (χ0v) is 13.5. The molecule has 1 aliphatic heterocycles. The lowest BCUT2D eigenvalue weighted by Crippen LogP contribution is -2.32. The molecule has 1 heterocycles. The Kier molecular flexibility index (Phi) is 4.84. The molecule has 0 N–H and O–H groups in total. The van der Waals surface area contributed by atoms with Gasteiger partial charge in [-0.3, -0.25) is 0 Å². The fourth-order valence-corrected chi connectivity index (χ4v) is 3.15. The van der Waals surface area contributed by atoms with E-state index in [0.29, 0.717) is 11.6 Å². The van der Waals surface area contributed by atoms with E-state index in [-0.39, 0.29) is 5.75 Å². The maximum Gasteiger partial charge on any atom is 0.573 e. The average Bonchev–Trinajstić information content (AvgIpc) is 2.61. The molecule has 0 radical (unpaired) electrons. The summed E-state index contributed by atoms with van der Waals surface area (Å²) < 4.78 is 40.5. The molecule has 0 amide bonds. The standard InChI is InChI=1S/C19H17F3N2O/c1-23-16-4-6-17(7-5-16)24-12-10-15(11-13-24)14-2-8-18(9-3-14)25-19(20,21)22/h2-9,15H,10-13H2. The summed E-state index contributed by atoms with van der Waals surface area (Å²) in [4.78, 5) is 5.66. The number of hydrogen-bond acceptors (Lipinski definition) is 2. The van der Waals surface area contributed by atoms with E-state index in [9.17, 15) is 13.2 Å². The van der Waals surface area contributed by atoms with Gasteiger partial charge in [-0.2, -0.15) is 0 Å². The highest BCUT2D eigenvalue weighted by atomic mass is 19.4. The first-order valence-electron chi connectivity index (χ1n) is 8.03. The smallest absolute Gasteiger partial charge is 0.406 e. The largest absolute Gasteiger partial charge is 0.573 e. The van der Waals surface area contributed by atoms with Crippen LogP contribution in [0.2, 0.25) is 0 Å². The SMILES string of the molecule is [C-]#[N+]c1ccc(N2CCC(c3ccc(OC(F)(F)F)cc3)CC2)cc1. The molecule has 1 aliphatic rings. The number of halogens is 3. The van der Waals surface area contributed by atoms with Crippen molar-refractivity contribution >= 4 is 11.4 Å². The van der Waals surface area contributed by atoms with Crippen LogP contribution in [0.3, 0.4) is 0 Å². The Hall–Kier alpha value is -2.68. The number of piperidine rings is 1. The summed E-state index contributed by atoms with van der Waals surface area (Å²) in [5, 5.41) is 0. The third kappa shape index (κ3) is 4.44. The normalized spacial score (nSPS) is 15.7. The summed E-state index contributed by atoms with van der Waals surface area (Å²) in [5.74, 6) is 0.146. The predicted octanol–water partition coefficient (Wildman–Crippen LogP) is 5.52. The highest BCUT2D eigenvalue weighted by Crippen LogP contribution is 2.32. The first-order chi connectivity index (χ1) is 11.9. The summed E-state index contributed by atoms with van der Waals surface area (Å²) in [5.41, 5.74) is 2.76. The molecule has 0 unspecified atom stereocenters. The topological polar surface area (TPSA) is 16.8 Å². The van der Waals surface area contributed by atoms with Gasteiger partial charge >= 0.3 is 6.36 Å². The zero-order chi connectivity index (χ0) is 17.9. The van der Waals surface area contributed by atoms with Crippen LogP contribution in [0.15, 0.2) is 48.5 Å². The average molecular weight is 346 g/mol. The molecule has 0 spiro atoms. The Labute approximate surface area is 144 Å². The number of ether oxygens (including phenoxy) is 1. The quantitative estimate of drug-likeness (QED) is 0.681. The molecule has 0 aromatic heterocycles. The maximum atomic E-state index is 12.2. The van der Waals surface area contributed by atoms with Gasteiger partial charge in [0.05, 0.1) is 6.57 Å². The second-order valence-corrected chi connectivity index (χ2v) is 6.01. The first-order valence-corrected chi connectivity index (χ1v) is 8.03. The van der Waals surface area contributed by atoms with Crippen molar-refractivity contribution in [3.8, 4) is 5.75 Å². The molecular weight excluding hydrogens is 329 g/mol. The van der Waals surface area contributed by atoms with Crippen LogP contribution in [0.5, 0.6) is 5.75 Å². The molecule has 6 heteroatoms. The van der Waals surface area contributed by atoms with Crippen molar-refractivity contribution in [3.63, 3.8) is 0 Å². The Morgan fingerprint density at radius 3 is 2.08 bits per heavy atom. The molecule has 2 aromatic carbocycles. The van der Waals surface area contributed by atoms with Gasteiger partial charge in [-0.25, -0.2) is 4.85 Å². The summed E-state index contributed by atoms with van der Waals surface area (Å²) in [7, 11) is 0. The van der Waals surface area contributed by atoms with Crippen LogP contribution < -0.4 is 9.64 Å². The van der Waals surface area contributed by atoms with Crippen molar-refractivity contribution in [1.29, 1.82) is 0 Å². The number of anilines is 1. The van der Waals surface area contributed by atoms with Crippen molar-refractivity contribution < 1.29 is 17.9 Å². The Bertz CT molecular complexity index is 740. The third-order valence-corrected chi connectivity index (χ3v) is 4.42. The van der Waals surface area contributed by atoms with Crippen LogP contribution in [0.25, 0.3) is 4.85 Å². The van der Waals surface area contributed by atoms with Gasteiger partial charge in [-0.1, -0.05) is 24.3 Å². The van der Waals surface area contributed by atoms with E-state index in [1.54, 1.807) is 12.1 Å². The van der Waals surface area contributed by atoms with E-state index >= 15 is 0 Å². The van der Waals surface area contributed by atoms with Crippen molar-refractivity contribution in [2.75, 3.05) is 18.0 Å². The number of alkyl halides is 3. The number of hydrogen-bond donors (Lipinski definition) is 0. The van der Waals surface area contributed by atoms with Crippen molar-refractivity contribution in [3.05, 3.63) is 65.5 Å². The van der Waals surface area contributed by atoms with Gasteiger partial charge in [-0.05, 0) is 48.6 Å². The van der Waals surface area contributed by atoms with E-state index in [2.05, 4.69) is 14.5 Å². The van der Waals surface area contributed by atoms with Crippen LogP contribution in [-0.4, -0.2) is 19.5 Å². The minimum absolute atomic E-state index is 0.186. The summed E-state index contributed by atoms with van der Waals surface area (Å²) in [6, 6.07) is 13.7. The molecule has 0 aliphatic carbocycles. The minimum Gasteiger partial charge on any atom is -0.406 e. The van der Waals surface area contributed by atoms with Gasteiger partial charge in [0.2, 0.25) is 0 Å². The lowest BCUT2D eigenvalue weighted by Gasteiger charge is -2.34. The summed E-state index contributed by atoms with van der Waals surface area (Å²) in [6.07, 6.45) is -2.79. The summed E-state index contributed by atoms with van der Waals surface area (Å²) in [6.45, 7) is 8.74. The van der Waals surface area contributed by atoms with E-state index in [1.165, 1.54) is 12.1 Å². The van der Waals surface area contributed by atoms with Gasteiger partial charge in [0.1, 0.15) is 5.75 Å². The highest BCUT2D eigenvalue weighted by molar-refractivity contribution is 5.55. The second-order valence-electron chi connectivity index (χ2n) is 6.01. The van der Waals surface area contributed by atoms with Gasteiger partial charge in [-0.15, -0.1) is 13.2 Å². The Balaban J connectivity index is 1.59. The number of benzene rings is 2.